The van der Waals surface area contributed by atoms with Crippen LogP contribution in [0.5, 0.6) is 5.75 Å². The van der Waals surface area contributed by atoms with Crippen LogP contribution in [0.25, 0.3) is 0 Å². The Morgan fingerprint density at radius 1 is 1.27 bits per heavy atom. The average Bonchev–Trinajstić information content (AvgIpc) is 3.17. The van der Waals surface area contributed by atoms with Gasteiger partial charge in [0.15, 0.2) is 0 Å². The third-order valence-corrected chi connectivity index (χ3v) is 4.66. The van der Waals surface area contributed by atoms with Crippen LogP contribution >= 0.6 is 0 Å². The Bertz CT molecular complexity index is 594. The van der Waals surface area contributed by atoms with Crippen molar-refractivity contribution in [2.24, 2.45) is 5.92 Å². The van der Waals surface area contributed by atoms with E-state index in [0.717, 1.165) is 30.8 Å². The van der Waals surface area contributed by atoms with Crippen LogP contribution < -0.4 is 10.1 Å². The second kappa shape index (κ2) is 9.57. The largest absolute Gasteiger partial charge is 0.497 e. The van der Waals surface area contributed by atoms with Gasteiger partial charge in [-0.15, -0.1) is 0 Å². The Labute approximate surface area is 155 Å². The van der Waals surface area contributed by atoms with Gasteiger partial charge >= 0.3 is 0 Å². The molecule has 1 aromatic carbocycles. The first kappa shape index (κ1) is 20.2. The summed E-state index contributed by atoms with van der Waals surface area (Å²) in [5.41, 5.74) is 0.957. The fraction of sp³-hybridized carbons (Fsp3) is 0.600. The second-order valence-corrected chi connectivity index (χ2v) is 7.03. The summed E-state index contributed by atoms with van der Waals surface area (Å²) in [5, 5.41) is 2.92. The van der Waals surface area contributed by atoms with Crippen LogP contribution in [-0.2, 0) is 20.9 Å². The van der Waals surface area contributed by atoms with Gasteiger partial charge in [0.2, 0.25) is 11.8 Å². The molecule has 1 heterocycles. The molecule has 0 radical (unpaired) electrons. The van der Waals surface area contributed by atoms with E-state index >= 15 is 0 Å². The van der Waals surface area contributed by atoms with Crippen LogP contribution in [0.3, 0.4) is 0 Å². The summed E-state index contributed by atoms with van der Waals surface area (Å²) in [7, 11) is 1.62. The molecule has 0 aliphatic carbocycles. The Balaban J connectivity index is 2.03. The summed E-state index contributed by atoms with van der Waals surface area (Å²) >= 11 is 0. The van der Waals surface area contributed by atoms with Crippen LogP contribution in [0, 0.1) is 5.92 Å². The molecule has 2 amide bonds. The standard InChI is InChI=1S/C20H30N2O4/c1-14(2)20(24)22(13-16-7-9-17(25-4)10-8-16)15(3)19(23)21-12-18-6-5-11-26-18/h7-10,14-15,18H,5-6,11-13H2,1-4H3,(H,21,23)/t15-,18+/m0/s1. The Morgan fingerprint density at radius 3 is 2.50 bits per heavy atom. The van der Waals surface area contributed by atoms with Gasteiger partial charge < -0.3 is 19.7 Å². The van der Waals surface area contributed by atoms with Crippen molar-refractivity contribution >= 4 is 11.8 Å². The number of hydrogen-bond acceptors (Lipinski definition) is 4. The molecular weight excluding hydrogens is 332 g/mol. The molecule has 0 aromatic heterocycles. The molecule has 2 atom stereocenters. The summed E-state index contributed by atoms with van der Waals surface area (Å²) in [5.74, 6) is 0.392. The van der Waals surface area contributed by atoms with E-state index in [1.807, 2.05) is 38.1 Å². The van der Waals surface area contributed by atoms with Crippen molar-refractivity contribution < 1.29 is 19.1 Å². The van der Waals surface area contributed by atoms with Gasteiger partial charge in [-0.25, -0.2) is 0 Å². The van der Waals surface area contributed by atoms with E-state index in [1.54, 1.807) is 18.9 Å². The summed E-state index contributed by atoms with van der Waals surface area (Å²) in [4.78, 5) is 26.9. The van der Waals surface area contributed by atoms with E-state index in [2.05, 4.69) is 5.32 Å². The van der Waals surface area contributed by atoms with Gasteiger partial charge in [0.05, 0.1) is 13.2 Å². The quantitative estimate of drug-likeness (QED) is 0.771. The topological polar surface area (TPSA) is 67.9 Å². The van der Waals surface area contributed by atoms with E-state index in [9.17, 15) is 9.59 Å². The number of hydrogen-bond donors (Lipinski definition) is 1. The molecule has 0 unspecified atom stereocenters. The molecule has 2 rings (SSSR count). The first-order valence-corrected chi connectivity index (χ1v) is 9.25. The SMILES string of the molecule is COc1ccc(CN(C(=O)C(C)C)[C@@H](C)C(=O)NC[C@H]2CCCO2)cc1. The summed E-state index contributed by atoms with van der Waals surface area (Å²) in [6.45, 7) is 7.10. The third-order valence-electron chi connectivity index (χ3n) is 4.66. The zero-order valence-corrected chi connectivity index (χ0v) is 16.2. The highest BCUT2D eigenvalue weighted by Crippen LogP contribution is 2.17. The Morgan fingerprint density at radius 2 is 1.96 bits per heavy atom. The van der Waals surface area contributed by atoms with Gasteiger partial charge in [0.1, 0.15) is 11.8 Å². The van der Waals surface area contributed by atoms with E-state index in [4.69, 9.17) is 9.47 Å². The van der Waals surface area contributed by atoms with E-state index in [-0.39, 0.29) is 23.8 Å². The van der Waals surface area contributed by atoms with Crippen molar-refractivity contribution in [3.05, 3.63) is 29.8 Å². The lowest BCUT2D eigenvalue weighted by Gasteiger charge is -2.30. The zero-order chi connectivity index (χ0) is 19.1. The predicted molar refractivity (Wildman–Crippen MR) is 99.8 cm³/mol. The van der Waals surface area contributed by atoms with Crippen LogP contribution in [-0.4, -0.2) is 49.1 Å². The van der Waals surface area contributed by atoms with Crippen molar-refractivity contribution in [2.45, 2.75) is 52.3 Å². The summed E-state index contributed by atoms with van der Waals surface area (Å²) in [6, 6.07) is 6.99. The number of methoxy groups -OCH3 is 1. The van der Waals surface area contributed by atoms with E-state index in [1.165, 1.54) is 0 Å². The Kier molecular flexibility index (Phi) is 7.45. The molecule has 144 valence electrons. The minimum Gasteiger partial charge on any atom is -0.497 e. The molecule has 1 saturated heterocycles. The van der Waals surface area contributed by atoms with Crippen molar-refractivity contribution in [3.8, 4) is 5.75 Å². The maximum Gasteiger partial charge on any atom is 0.242 e. The van der Waals surface area contributed by atoms with Crippen molar-refractivity contribution in [1.29, 1.82) is 0 Å². The minimum absolute atomic E-state index is 0.0411. The Hall–Kier alpha value is -2.08. The zero-order valence-electron chi connectivity index (χ0n) is 16.2. The molecule has 6 nitrogen and oxygen atoms in total. The van der Waals surface area contributed by atoms with Crippen LogP contribution in [0.15, 0.2) is 24.3 Å². The van der Waals surface area contributed by atoms with Crippen LogP contribution in [0.1, 0.15) is 39.2 Å². The fourth-order valence-electron chi connectivity index (χ4n) is 2.97. The fourth-order valence-corrected chi connectivity index (χ4v) is 2.97. The molecule has 1 N–H and O–H groups in total. The maximum absolute atomic E-state index is 12.7. The minimum atomic E-state index is -0.548. The molecule has 0 spiro atoms. The lowest BCUT2D eigenvalue weighted by Crippen LogP contribution is -2.50. The van der Waals surface area contributed by atoms with Gasteiger partial charge in [-0.1, -0.05) is 26.0 Å². The number of carbonyl (C=O) groups excluding carboxylic acids is 2. The molecule has 1 aliphatic rings. The number of ether oxygens (including phenoxy) is 2. The van der Waals surface area contributed by atoms with Crippen molar-refractivity contribution in [1.82, 2.24) is 10.2 Å². The molecule has 0 saturated carbocycles. The van der Waals surface area contributed by atoms with Gasteiger partial charge in [0.25, 0.3) is 0 Å². The molecule has 0 bridgehead atoms. The molecule has 1 aromatic rings. The summed E-state index contributed by atoms with van der Waals surface area (Å²) in [6.07, 6.45) is 2.09. The first-order chi connectivity index (χ1) is 12.4. The normalized spacial score (nSPS) is 17.8. The van der Waals surface area contributed by atoms with Gasteiger partial charge in [-0.3, -0.25) is 9.59 Å². The molecule has 6 heteroatoms. The lowest BCUT2D eigenvalue weighted by molar-refractivity contribution is -0.143. The second-order valence-electron chi connectivity index (χ2n) is 7.03. The molecular formula is C20H30N2O4. The van der Waals surface area contributed by atoms with Crippen LogP contribution in [0.4, 0.5) is 0 Å². The average molecular weight is 362 g/mol. The van der Waals surface area contributed by atoms with Gasteiger partial charge in [-0.05, 0) is 37.5 Å². The predicted octanol–water partition coefficient (Wildman–Crippen LogP) is 2.36. The monoisotopic (exact) mass is 362 g/mol. The number of amides is 2. The molecule has 1 fully saturated rings. The highest BCUT2D eigenvalue weighted by molar-refractivity contribution is 5.88. The van der Waals surface area contributed by atoms with E-state index < -0.39 is 6.04 Å². The van der Waals surface area contributed by atoms with Crippen molar-refractivity contribution in [2.75, 3.05) is 20.3 Å². The van der Waals surface area contributed by atoms with Gasteiger partial charge in [0, 0.05) is 25.6 Å². The smallest absolute Gasteiger partial charge is 0.242 e. The number of benzene rings is 1. The van der Waals surface area contributed by atoms with Crippen LogP contribution in [0.2, 0.25) is 0 Å². The molecule has 26 heavy (non-hydrogen) atoms. The highest BCUT2D eigenvalue weighted by Gasteiger charge is 2.28. The lowest BCUT2D eigenvalue weighted by atomic mass is 10.1. The van der Waals surface area contributed by atoms with Crippen molar-refractivity contribution in [3.63, 3.8) is 0 Å². The van der Waals surface area contributed by atoms with Gasteiger partial charge in [-0.2, -0.15) is 0 Å². The summed E-state index contributed by atoms with van der Waals surface area (Å²) < 4.78 is 10.7. The first-order valence-electron chi connectivity index (χ1n) is 9.25. The number of carbonyl (C=O) groups is 2. The number of nitrogens with zero attached hydrogens (tertiary/aromatic N) is 1. The maximum atomic E-state index is 12.7. The van der Waals surface area contributed by atoms with E-state index in [0.29, 0.717) is 13.1 Å². The third kappa shape index (κ3) is 5.46. The number of nitrogens with one attached hydrogen (secondary N) is 1. The number of rotatable bonds is 8. The molecule has 1 aliphatic heterocycles. The highest BCUT2D eigenvalue weighted by atomic mass is 16.5.